The molecule has 216 valence electrons. The Labute approximate surface area is 248 Å². The molecule has 1 aromatic heterocycles. The van der Waals surface area contributed by atoms with E-state index in [0.29, 0.717) is 24.3 Å². The van der Waals surface area contributed by atoms with Gasteiger partial charge in [0.1, 0.15) is 6.29 Å². The second-order valence-electron chi connectivity index (χ2n) is 11.5. The first-order chi connectivity index (χ1) is 20.4. The standard InChI is InChI=1S/C37H40N2O3/c1-39(2)22-10-9-20-37(41,21-19-27-15-17-29-11-7-8-14-31(29)23-27)35(30-12-5-4-6-13-30)33-25-32-24-28(26-40)16-18-34(32)38-36(33)42-3/h4-8,11-18,23-26,35,41H,9-10,19-22H2,1-3H3. The molecule has 0 fully saturated rings. The molecule has 0 aliphatic carbocycles. The number of nitrogens with zero attached hydrogens (tertiary/aromatic N) is 2. The van der Waals surface area contributed by atoms with Crippen LogP contribution in [0.3, 0.4) is 0 Å². The molecule has 5 heteroatoms. The minimum Gasteiger partial charge on any atom is -0.481 e. The van der Waals surface area contributed by atoms with Crippen molar-refractivity contribution in [2.45, 2.75) is 43.6 Å². The molecule has 0 aliphatic rings. The van der Waals surface area contributed by atoms with Gasteiger partial charge in [-0.25, -0.2) is 4.98 Å². The first-order valence-electron chi connectivity index (χ1n) is 14.7. The number of hydrogen-bond donors (Lipinski definition) is 1. The third-order valence-corrected chi connectivity index (χ3v) is 8.27. The molecule has 1 heterocycles. The molecule has 5 aromatic rings. The van der Waals surface area contributed by atoms with Crippen molar-refractivity contribution in [1.29, 1.82) is 0 Å². The maximum Gasteiger partial charge on any atom is 0.217 e. The number of hydrogen-bond acceptors (Lipinski definition) is 5. The van der Waals surface area contributed by atoms with Crippen molar-refractivity contribution >= 4 is 28.0 Å². The third kappa shape index (κ3) is 6.70. The summed E-state index contributed by atoms with van der Waals surface area (Å²) in [6.07, 6.45) is 4.66. The maximum absolute atomic E-state index is 12.9. The van der Waals surface area contributed by atoms with Gasteiger partial charge < -0.3 is 14.7 Å². The molecule has 1 N–H and O–H groups in total. The van der Waals surface area contributed by atoms with Crippen molar-refractivity contribution in [3.63, 3.8) is 0 Å². The van der Waals surface area contributed by atoms with Crippen LogP contribution in [0.5, 0.6) is 5.88 Å². The Balaban J connectivity index is 1.60. The maximum atomic E-state index is 12.9. The summed E-state index contributed by atoms with van der Waals surface area (Å²) in [5, 5.41) is 16.1. The zero-order chi connectivity index (χ0) is 29.5. The molecule has 2 atom stereocenters. The number of carbonyl (C=O) groups is 1. The second kappa shape index (κ2) is 13.3. The number of aromatic nitrogens is 1. The van der Waals surface area contributed by atoms with E-state index in [2.05, 4.69) is 73.6 Å². The summed E-state index contributed by atoms with van der Waals surface area (Å²) >= 11 is 0. The Morgan fingerprint density at radius 1 is 0.857 bits per heavy atom. The van der Waals surface area contributed by atoms with E-state index in [9.17, 15) is 9.90 Å². The quantitative estimate of drug-likeness (QED) is 0.120. The number of ether oxygens (including phenoxy) is 1. The van der Waals surface area contributed by atoms with Crippen LogP contribution in [0.15, 0.2) is 97.1 Å². The molecule has 0 radical (unpaired) electrons. The van der Waals surface area contributed by atoms with E-state index in [-0.39, 0.29) is 5.92 Å². The molecule has 42 heavy (non-hydrogen) atoms. The average Bonchev–Trinajstić information content (AvgIpc) is 3.02. The van der Waals surface area contributed by atoms with Gasteiger partial charge in [-0.15, -0.1) is 0 Å². The van der Waals surface area contributed by atoms with Crippen molar-refractivity contribution in [3.05, 3.63) is 119 Å². The normalized spacial score (nSPS) is 13.7. The van der Waals surface area contributed by atoms with Gasteiger partial charge in [-0.1, -0.05) is 72.8 Å². The Hall–Kier alpha value is -4.06. The van der Waals surface area contributed by atoms with Crippen LogP contribution >= 0.6 is 0 Å². The number of rotatable bonds is 13. The van der Waals surface area contributed by atoms with Crippen molar-refractivity contribution in [1.82, 2.24) is 9.88 Å². The van der Waals surface area contributed by atoms with E-state index in [4.69, 9.17) is 9.72 Å². The average molecular weight is 561 g/mol. The number of methoxy groups -OCH3 is 1. The second-order valence-corrected chi connectivity index (χ2v) is 11.5. The number of carbonyl (C=O) groups excluding carboxylic acids is 1. The lowest BCUT2D eigenvalue weighted by molar-refractivity contribution is 0.00356. The summed E-state index contributed by atoms with van der Waals surface area (Å²) in [5.41, 5.74) is 3.30. The predicted octanol–water partition coefficient (Wildman–Crippen LogP) is 7.44. The smallest absolute Gasteiger partial charge is 0.217 e. The Morgan fingerprint density at radius 3 is 2.36 bits per heavy atom. The lowest BCUT2D eigenvalue weighted by Gasteiger charge is -2.38. The number of benzene rings is 4. The number of aldehydes is 1. The van der Waals surface area contributed by atoms with E-state index >= 15 is 0 Å². The van der Waals surface area contributed by atoms with E-state index in [1.807, 2.05) is 36.4 Å². The summed E-state index contributed by atoms with van der Waals surface area (Å²) in [4.78, 5) is 18.6. The fraction of sp³-hybridized carbons (Fsp3) is 0.297. The first-order valence-corrected chi connectivity index (χ1v) is 14.7. The summed E-state index contributed by atoms with van der Waals surface area (Å²) in [6, 6.07) is 32.7. The number of pyridine rings is 1. The zero-order valence-electron chi connectivity index (χ0n) is 24.8. The van der Waals surface area contributed by atoms with Crippen LogP contribution in [0.25, 0.3) is 21.7 Å². The van der Waals surface area contributed by atoms with Crippen LogP contribution in [-0.4, -0.2) is 54.6 Å². The van der Waals surface area contributed by atoms with Crippen LogP contribution < -0.4 is 4.74 Å². The SMILES string of the molecule is COc1nc2ccc(C=O)cc2cc1C(c1ccccc1)C(O)(CCCCN(C)C)CCc1ccc2ccccc2c1. The van der Waals surface area contributed by atoms with E-state index < -0.39 is 5.60 Å². The fourth-order valence-corrected chi connectivity index (χ4v) is 6.09. The Morgan fingerprint density at radius 2 is 1.62 bits per heavy atom. The van der Waals surface area contributed by atoms with Crippen LogP contribution in [-0.2, 0) is 6.42 Å². The van der Waals surface area contributed by atoms with Crippen LogP contribution in [0.4, 0.5) is 0 Å². The third-order valence-electron chi connectivity index (χ3n) is 8.27. The molecule has 2 unspecified atom stereocenters. The summed E-state index contributed by atoms with van der Waals surface area (Å²) < 4.78 is 5.88. The number of aliphatic hydroxyl groups is 1. The van der Waals surface area contributed by atoms with Gasteiger partial charge in [-0.2, -0.15) is 0 Å². The molecule has 0 spiro atoms. The lowest BCUT2D eigenvalue weighted by atomic mass is 9.72. The molecule has 4 aromatic carbocycles. The van der Waals surface area contributed by atoms with Gasteiger partial charge in [0.25, 0.3) is 0 Å². The fourth-order valence-electron chi connectivity index (χ4n) is 6.09. The molecule has 0 amide bonds. The molecule has 5 nitrogen and oxygen atoms in total. The molecular formula is C37H40N2O3. The largest absolute Gasteiger partial charge is 0.481 e. The van der Waals surface area contributed by atoms with Gasteiger partial charge in [0.2, 0.25) is 5.88 Å². The van der Waals surface area contributed by atoms with E-state index in [1.54, 1.807) is 13.2 Å². The Bertz CT molecular complexity index is 1650. The topological polar surface area (TPSA) is 62.7 Å². The lowest BCUT2D eigenvalue weighted by Crippen LogP contribution is -2.38. The highest BCUT2D eigenvalue weighted by atomic mass is 16.5. The summed E-state index contributed by atoms with van der Waals surface area (Å²) in [7, 11) is 5.79. The van der Waals surface area contributed by atoms with Gasteiger partial charge in [0, 0.05) is 22.4 Å². The Kier molecular flexibility index (Phi) is 9.31. The molecule has 5 rings (SSSR count). The van der Waals surface area contributed by atoms with Gasteiger partial charge in [-0.3, -0.25) is 4.79 Å². The van der Waals surface area contributed by atoms with Gasteiger partial charge in [0.15, 0.2) is 0 Å². The molecule has 0 bridgehead atoms. The highest BCUT2D eigenvalue weighted by Crippen LogP contribution is 2.45. The minimum absolute atomic E-state index is 0.384. The zero-order valence-corrected chi connectivity index (χ0v) is 24.8. The first kappa shape index (κ1) is 29.4. The van der Waals surface area contributed by atoms with Crippen LogP contribution in [0, 0.1) is 0 Å². The number of unbranched alkanes of at least 4 members (excludes halogenated alkanes) is 1. The van der Waals surface area contributed by atoms with E-state index in [0.717, 1.165) is 54.1 Å². The van der Waals surface area contributed by atoms with Gasteiger partial charge in [-0.05, 0) is 98.9 Å². The van der Waals surface area contributed by atoms with Crippen molar-refractivity contribution in [2.24, 2.45) is 0 Å². The molecule has 0 saturated heterocycles. The van der Waals surface area contributed by atoms with Crippen molar-refractivity contribution < 1.29 is 14.6 Å². The molecule has 0 aliphatic heterocycles. The van der Waals surface area contributed by atoms with Crippen molar-refractivity contribution in [3.8, 4) is 5.88 Å². The summed E-state index contributed by atoms with van der Waals surface area (Å²) in [5.74, 6) is 0.109. The van der Waals surface area contributed by atoms with Gasteiger partial charge in [0.05, 0.1) is 18.2 Å². The van der Waals surface area contributed by atoms with Crippen LogP contribution in [0.2, 0.25) is 0 Å². The van der Waals surface area contributed by atoms with Gasteiger partial charge >= 0.3 is 0 Å². The van der Waals surface area contributed by atoms with Crippen LogP contribution in [0.1, 0.15) is 58.6 Å². The number of fused-ring (bicyclic) bond motifs is 2. The highest BCUT2D eigenvalue weighted by molar-refractivity contribution is 5.88. The molecule has 0 saturated carbocycles. The monoisotopic (exact) mass is 560 g/mol. The predicted molar refractivity (Wildman–Crippen MR) is 172 cm³/mol. The molecular weight excluding hydrogens is 520 g/mol. The minimum atomic E-state index is -1.08. The number of aryl methyl sites for hydroxylation is 1. The van der Waals surface area contributed by atoms with E-state index in [1.165, 1.54) is 16.3 Å². The summed E-state index contributed by atoms with van der Waals surface area (Å²) in [6.45, 7) is 0.964. The highest BCUT2D eigenvalue weighted by Gasteiger charge is 2.40. The van der Waals surface area contributed by atoms with Crippen molar-refractivity contribution in [2.75, 3.05) is 27.7 Å².